The largest absolute Gasteiger partial charge is 0.366 e. The average Bonchev–Trinajstić information content (AvgIpc) is 3.21. The zero-order valence-electron chi connectivity index (χ0n) is 12.6. The standard InChI is InChI=1S/C15H22N6/c1-2-13-9-14(15-17-16-11-21(15)18-13)20-7-5-19(6-8-20)10-12-3-4-12/h9,11-12H,2-8,10H2,1H3. The van der Waals surface area contributed by atoms with E-state index in [4.69, 9.17) is 0 Å². The maximum atomic E-state index is 4.53. The Hall–Kier alpha value is -1.69. The van der Waals surface area contributed by atoms with Gasteiger partial charge in [-0.1, -0.05) is 6.92 Å². The van der Waals surface area contributed by atoms with Crippen molar-refractivity contribution in [2.24, 2.45) is 5.92 Å². The highest BCUT2D eigenvalue weighted by Crippen LogP contribution is 2.30. The van der Waals surface area contributed by atoms with Crippen LogP contribution >= 0.6 is 0 Å². The highest BCUT2D eigenvalue weighted by Gasteiger charge is 2.27. The molecule has 0 aromatic carbocycles. The Kier molecular flexibility index (Phi) is 3.25. The van der Waals surface area contributed by atoms with Crippen molar-refractivity contribution in [3.63, 3.8) is 0 Å². The second kappa shape index (κ2) is 5.26. The fraction of sp³-hybridized carbons (Fsp3) is 0.667. The van der Waals surface area contributed by atoms with E-state index < -0.39 is 0 Å². The lowest BCUT2D eigenvalue weighted by molar-refractivity contribution is 0.248. The number of piperazine rings is 1. The van der Waals surface area contributed by atoms with E-state index in [0.717, 1.165) is 49.9 Å². The average molecular weight is 286 g/mol. The Balaban J connectivity index is 1.54. The number of anilines is 1. The summed E-state index contributed by atoms with van der Waals surface area (Å²) >= 11 is 0. The first-order valence-corrected chi connectivity index (χ1v) is 8.00. The Morgan fingerprint density at radius 3 is 2.71 bits per heavy atom. The number of aryl methyl sites for hydroxylation is 1. The molecule has 6 heteroatoms. The number of rotatable bonds is 4. The highest BCUT2D eigenvalue weighted by atomic mass is 15.4. The fourth-order valence-electron chi connectivity index (χ4n) is 3.10. The SMILES string of the molecule is CCc1cc(N2CCN(CC3CC3)CC2)c2nncn2n1. The lowest BCUT2D eigenvalue weighted by Crippen LogP contribution is -2.47. The van der Waals surface area contributed by atoms with Crippen LogP contribution in [0, 0.1) is 5.92 Å². The van der Waals surface area contributed by atoms with Gasteiger partial charge in [0.25, 0.3) is 0 Å². The molecule has 1 aliphatic carbocycles. The van der Waals surface area contributed by atoms with E-state index in [9.17, 15) is 0 Å². The summed E-state index contributed by atoms with van der Waals surface area (Å²) in [6.45, 7) is 7.88. The molecule has 1 saturated carbocycles. The van der Waals surface area contributed by atoms with E-state index in [1.807, 2.05) is 4.52 Å². The van der Waals surface area contributed by atoms with Crippen LogP contribution in [0.25, 0.3) is 5.65 Å². The van der Waals surface area contributed by atoms with Crippen LogP contribution in [0.15, 0.2) is 12.4 Å². The molecule has 2 fully saturated rings. The van der Waals surface area contributed by atoms with E-state index in [2.05, 4.69) is 38.1 Å². The molecule has 1 aliphatic heterocycles. The van der Waals surface area contributed by atoms with E-state index in [0.29, 0.717) is 0 Å². The summed E-state index contributed by atoms with van der Waals surface area (Å²) in [5.41, 5.74) is 3.16. The van der Waals surface area contributed by atoms with Gasteiger partial charge in [-0.2, -0.15) is 9.61 Å². The van der Waals surface area contributed by atoms with Crippen molar-refractivity contribution in [1.29, 1.82) is 0 Å². The molecule has 2 aromatic heterocycles. The summed E-state index contributed by atoms with van der Waals surface area (Å²) in [5, 5.41) is 12.8. The smallest absolute Gasteiger partial charge is 0.200 e. The number of aromatic nitrogens is 4. The summed E-state index contributed by atoms with van der Waals surface area (Å²) in [5.74, 6) is 0.979. The monoisotopic (exact) mass is 286 g/mol. The van der Waals surface area contributed by atoms with Crippen LogP contribution in [0.5, 0.6) is 0 Å². The van der Waals surface area contributed by atoms with E-state index >= 15 is 0 Å². The van der Waals surface area contributed by atoms with Gasteiger partial charge in [0.1, 0.15) is 6.33 Å². The van der Waals surface area contributed by atoms with Gasteiger partial charge in [-0.25, -0.2) is 0 Å². The van der Waals surface area contributed by atoms with Crippen molar-refractivity contribution in [3.8, 4) is 0 Å². The highest BCUT2D eigenvalue weighted by molar-refractivity contribution is 5.68. The topological polar surface area (TPSA) is 49.6 Å². The first kappa shape index (κ1) is 13.0. The van der Waals surface area contributed by atoms with Gasteiger partial charge in [-0.15, -0.1) is 10.2 Å². The summed E-state index contributed by atoms with van der Waals surface area (Å²) in [7, 11) is 0. The van der Waals surface area contributed by atoms with Crippen LogP contribution in [0.2, 0.25) is 0 Å². The van der Waals surface area contributed by atoms with Crippen molar-refractivity contribution in [3.05, 3.63) is 18.1 Å². The molecule has 0 unspecified atom stereocenters. The lowest BCUT2D eigenvalue weighted by atomic mass is 10.2. The lowest BCUT2D eigenvalue weighted by Gasteiger charge is -2.36. The van der Waals surface area contributed by atoms with Crippen LogP contribution in [0.4, 0.5) is 5.69 Å². The van der Waals surface area contributed by atoms with Crippen molar-refractivity contribution < 1.29 is 0 Å². The number of fused-ring (bicyclic) bond motifs is 1. The van der Waals surface area contributed by atoms with Crippen LogP contribution in [-0.2, 0) is 6.42 Å². The number of nitrogens with zero attached hydrogens (tertiary/aromatic N) is 6. The Morgan fingerprint density at radius 2 is 2.00 bits per heavy atom. The summed E-state index contributed by atoms with van der Waals surface area (Å²) in [6, 6.07) is 2.18. The molecule has 112 valence electrons. The summed E-state index contributed by atoms with van der Waals surface area (Å²) in [6.07, 6.45) is 5.50. The third-order valence-corrected chi connectivity index (χ3v) is 4.59. The van der Waals surface area contributed by atoms with E-state index in [-0.39, 0.29) is 0 Å². The molecule has 2 aromatic rings. The van der Waals surface area contributed by atoms with Crippen molar-refractivity contribution in [1.82, 2.24) is 24.7 Å². The van der Waals surface area contributed by atoms with Crippen molar-refractivity contribution in [2.75, 3.05) is 37.6 Å². The molecular weight excluding hydrogens is 264 g/mol. The predicted molar refractivity (Wildman–Crippen MR) is 81.5 cm³/mol. The Labute approximate surface area is 124 Å². The molecule has 0 bridgehead atoms. The second-order valence-corrected chi connectivity index (χ2v) is 6.20. The van der Waals surface area contributed by atoms with E-state index in [1.54, 1.807) is 6.33 Å². The maximum Gasteiger partial charge on any atom is 0.200 e. The Bertz CT molecular complexity index is 624. The fourth-order valence-corrected chi connectivity index (χ4v) is 3.10. The van der Waals surface area contributed by atoms with Crippen LogP contribution < -0.4 is 4.90 Å². The minimum Gasteiger partial charge on any atom is -0.366 e. The van der Waals surface area contributed by atoms with Gasteiger partial charge < -0.3 is 4.90 Å². The molecule has 0 atom stereocenters. The summed E-state index contributed by atoms with van der Waals surface area (Å²) in [4.78, 5) is 5.05. The molecule has 3 heterocycles. The molecule has 4 rings (SSSR count). The van der Waals surface area contributed by atoms with Crippen LogP contribution in [0.3, 0.4) is 0 Å². The van der Waals surface area contributed by atoms with Gasteiger partial charge in [0.05, 0.1) is 11.4 Å². The first-order chi connectivity index (χ1) is 10.3. The quantitative estimate of drug-likeness (QED) is 0.846. The normalized spacial score (nSPS) is 20.3. The van der Waals surface area contributed by atoms with Gasteiger partial charge in [0.15, 0.2) is 0 Å². The molecule has 0 spiro atoms. The maximum absolute atomic E-state index is 4.53. The van der Waals surface area contributed by atoms with Gasteiger partial charge >= 0.3 is 0 Å². The minimum atomic E-state index is 0.878. The van der Waals surface area contributed by atoms with Crippen LogP contribution in [0.1, 0.15) is 25.5 Å². The van der Waals surface area contributed by atoms with Gasteiger partial charge in [0, 0.05) is 32.7 Å². The predicted octanol–water partition coefficient (Wildman–Crippen LogP) is 1.22. The zero-order valence-corrected chi connectivity index (χ0v) is 12.6. The number of hydrogen-bond acceptors (Lipinski definition) is 5. The molecule has 21 heavy (non-hydrogen) atoms. The van der Waals surface area contributed by atoms with Crippen molar-refractivity contribution >= 4 is 11.3 Å². The van der Waals surface area contributed by atoms with E-state index in [1.165, 1.54) is 25.1 Å². The molecule has 2 aliphatic rings. The van der Waals surface area contributed by atoms with Gasteiger partial charge in [-0.05, 0) is 31.2 Å². The molecule has 0 N–H and O–H groups in total. The van der Waals surface area contributed by atoms with Crippen LogP contribution in [-0.4, -0.2) is 57.4 Å². The Morgan fingerprint density at radius 1 is 1.19 bits per heavy atom. The van der Waals surface area contributed by atoms with Gasteiger partial charge in [-0.3, -0.25) is 4.90 Å². The van der Waals surface area contributed by atoms with Crippen molar-refractivity contribution in [2.45, 2.75) is 26.2 Å². The zero-order chi connectivity index (χ0) is 14.2. The molecule has 6 nitrogen and oxygen atoms in total. The minimum absolute atomic E-state index is 0.878. The molecular formula is C15H22N6. The van der Waals surface area contributed by atoms with Gasteiger partial charge in [0.2, 0.25) is 5.65 Å². The summed E-state index contributed by atoms with van der Waals surface area (Å²) < 4.78 is 1.81. The number of hydrogen-bond donors (Lipinski definition) is 0. The molecule has 1 saturated heterocycles. The second-order valence-electron chi connectivity index (χ2n) is 6.20. The molecule has 0 amide bonds. The third kappa shape index (κ3) is 2.60. The third-order valence-electron chi connectivity index (χ3n) is 4.59. The first-order valence-electron chi connectivity index (χ1n) is 8.00. The molecule has 0 radical (unpaired) electrons.